The second-order valence-corrected chi connectivity index (χ2v) is 7.40. The van der Waals surface area contributed by atoms with Gasteiger partial charge in [0, 0.05) is 6.54 Å². The van der Waals surface area contributed by atoms with E-state index < -0.39 is 18.1 Å². The number of nitrogens with two attached hydrogens (primary N) is 2. The van der Waals surface area contributed by atoms with Crippen LogP contribution >= 0.6 is 0 Å². The number of carbonyl (C=O) groups excluding carboxylic acids is 3. The third kappa shape index (κ3) is 3.62. The van der Waals surface area contributed by atoms with E-state index in [4.69, 9.17) is 11.5 Å². The quantitative estimate of drug-likeness (QED) is 0.701. The maximum absolute atomic E-state index is 12.6. The number of likely N-dealkylation sites (tertiary alicyclic amines) is 2. The standard InChI is InChI=1S/C17H30N4O3/c1-4-5-11(18)16(23)21-9-14(22)15-13(21)6-7-20(15)17(24)12(19)8-10(2)3/h10-13,15H,4-9,18-19H2,1-3H3. The highest BCUT2D eigenvalue weighted by Gasteiger charge is 2.52. The van der Waals surface area contributed by atoms with Crippen LogP contribution in [0.25, 0.3) is 0 Å². The zero-order chi connectivity index (χ0) is 18.0. The number of nitrogens with zero attached hydrogens (tertiary/aromatic N) is 2. The highest BCUT2D eigenvalue weighted by atomic mass is 16.2. The molecule has 2 rings (SSSR count). The molecule has 2 aliphatic rings. The molecule has 2 amide bonds. The van der Waals surface area contributed by atoms with Gasteiger partial charge in [0.1, 0.15) is 6.04 Å². The molecule has 2 saturated heterocycles. The Morgan fingerprint density at radius 1 is 1.17 bits per heavy atom. The van der Waals surface area contributed by atoms with Crippen LogP contribution in [0.15, 0.2) is 0 Å². The number of hydrogen-bond donors (Lipinski definition) is 2. The second kappa shape index (κ2) is 7.61. The van der Waals surface area contributed by atoms with Gasteiger partial charge in [0.2, 0.25) is 11.8 Å². The molecule has 0 aromatic rings. The molecule has 0 aromatic carbocycles. The number of fused-ring (bicyclic) bond motifs is 1. The highest BCUT2D eigenvalue weighted by molar-refractivity contribution is 5.99. The zero-order valence-electron chi connectivity index (χ0n) is 14.9. The number of rotatable bonds is 6. The van der Waals surface area contributed by atoms with Crippen LogP contribution in [0.2, 0.25) is 0 Å². The fourth-order valence-corrected chi connectivity index (χ4v) is 3.83. The van der Waals surface area contributed by atoms with Gasteiger partial charge in [0.15, 0.2) is 5.78 Å². The Balaban J connectivity index is 2.09. The summed E-state index contributed by atoms with van der Waals surface area (Å²) in [7, 11) is 0. The molecular weight excluding hydrogens is 308 g/mol. The van der Waals surface area contributed by atoms with E-state index in [1.807, 2.05) is 20.8 Å². The lowest BCUT2D eigenvalue weighted by molar-refractivity contribution is -0.137. The monoisotopic (exact) mass is 338 g/mol. The van der Waals surface area contributed by atoms with Gasteiger partial charge in [-0.1, -0.05) is 27.2 Å². The van der Waals surface area contributed by atoms with Crippen LogP contribution in [0.3, 0.4) is 0 Å². The van der Waals surface area contributed by atoms with Crippen LogP contribution in [0.4, 0.5) is 0 Å². The van der Waals surface area contributed by atoms with E-state index in [1.54, 1.807) is 9.80 Å². The van der Waals surface area contributed by atoms with Gasteiger partial charge in [-0.05, 0) is 25.2 Å². The summed E-state index contributed by atoms with van der Waals surface area (Å²) in [5.74, 6) is -0.137. The normalized spacial score (nSPS) is 26.0. The first-order chi connectivity index (χ1) is 11.3. The number of ketones is 1. The molecule has 0 spiro atoms. The third-order valence-corrected chi connectivity index (χ3v) is 4.95. The molecule has 2 fully saturated rings. The predicted molar refractivity (Wildman–Crippen MR) is 90.9 cm³/mol. The van der Waals surface area contributed by atoms with Crippen LogP contribution < -0.4 is 11.5 Å². The minimum atomic E-state index is -0.594. The zero-order valence-corrected chi connectivity index (χ0v) is 14.9. The number of carbonyl (C=O) groups is 3. The Bertz CT molecular complexity index is 508. The largest absolute Gasteiger partial charge is 0.329 e. The molecule has 0 bridgehead atoms. The maximum atomic E-state index is 12.6. The van der Waals surface area contributed by atoms with Crippen LogP contribution in [-0.4, -0.2) is 64.7 Å². The Hall–Kier alpha value is -1.47. The summed E-state index contributed by atoms with van der Waals surface area (Å²) in [6.45, 7) is 6.51. The maximum Gasteiger partial charge on any atom is 0.240 e. The molecule has 0 aliphatic carbocycles. The van der Waals surface area contributed by atoms with E-state index in [-0.39, 0.29) is 30.2 Å². The first-order valence-corrected chi connectivity index (χ1v) is 8.92. The van der Waals surface area contributed by atoms with E-state index in [9.17, 15) is 14.4 Å². The van der Waals surface area contributed by atoms with Gasteiger partial charge in [-0.25, -0.2) is 0 Å². The van der Waals surface area contributed by atoms with Crippen molar-refractivity contribution in [3.63, 3.8) is 0 Å². The molecule has 0 radical (unpaired) electrons. The van der Waals surface area contributed by atoms with Crippen molar-refractivity contribution in [1.82, 2.24) is 9.80 Å². The smallest absolute Gasteiger partial charge is 0.240 e. The van der Waals surface area contributed by atoms with Gasteiger partial charge < -0.3 is 21.3 Å². The van der Waals surface area contributed by atoms with Gasteiger partial charge in [-0.3, -0.25) is 14.4 Å². The highest BCUT2D eigenvalue weighted by Crippen LogP contribution is 2.31. The fourth-order valence-electron chi connectivity index (χ4n) is 3.83. The molecule has 24 heavy (non-hydrogen) atoms. The van der Waals surface area contributed by atoms with Crippen LogP contribution in [0, 0.1) is 5.92 Å². The second-order valence-electron chi connectivity index (χ2n) is 7.40. The lowest BCUT2D eigenvalue weighted by atomic mass is 10.0. The molecule has 0 saturated carbocycles. The summed E-state index contributed by atoms with van der Waals surface area (Å²) < 4.78 is 0. The average Bonchev–Trinajstić information content (AvgIpc) is 3.07. The Labute approximate surface area is 143 Å². The van der Waals surface area contributed by atoms with E-state index in [1.165, 1.54) is 0 Å². The van der Waals surface area contributed by atoms with Crippen LogP contribution in [0.1, 0.15) is 46.5 Å². The molecule has 2 heterocycles. The van der Waals surface area contributed by atoms with Crippen molar-refractivity contribution in [3.8, 4) is 0 Å². The van der Waals surface area contributed by atoms with Crippen molar-refractivity contribution in [2.75, 3.05) is 13.1 Å². The summed E-state index contributed by atoms with van der Waals surface area (Å²) in [6.07, 6.45) is 2.62. The van der Waals surface area contributed by atoms with Gasteiger partial charge in [-0.2, -0.15) is 0 Å². The summed E-state index contributed by atoms with van der Waals surface area (Å²) >= 11 is 0. The van der Waals surface area contributed by atoms with E-state index >= 15 is 0 Å². The van der Waals surface area contributed by atoms with Gasteiger partial charge >= 0.3 is 0 Å². The molecule has 4 unspecified atom stereocenters. The number of hydrogen-bond acceptors (Lipinski definition) is 5. The molecule has 4 N–H and O–H groups in total. The predicted octanol–water partition coefficient (Wildman–Crippen LogP) is -0.132. The van der Waals surface area contributed by atoms with Crippen molar-refractivity contribution in [2.24, 2.45) is 17.4 Å². The Morgan fingerprint density at radius 2 is 1.79 bits per heavy atom. The minimum absolute atomic E-state index is 0.0504. The van der Waals surface area contributed by atoms with Gasteiger partial charge in [-0.15, -0.1) is 0 Å². The molecule has 136 valence electrons. The van der Waals surface area contributed by atoms with Crippen molar-refractivity contribution in [3.05, 3.63) is 0 Å². The van der Waals surface area contributed by atoms with Gasteiger partial charge in [0.05, 0.1) is 24.7 Å². The van der Waals surface area contributed by atoms with Crippen molar-refractivity contribution < 1.29 is 14.4 Å². The lowest BCUT2D eigenvalue weighted by Crippen LogP contribution is -2.50. The fraction of sp³-hybridized carbons (Fsp3) is 0.824. The SMILES string of the molecule is CCCC(N)C(=O)N1CC(=O)C2C1CCN2C(=O)C(N)CC(C)C. The average molecular weight is 338 g/mol. The lowest BCUT2D eigenvalue weighted by Gasteiger charge is -2.27. The minimum Gasteiger partial charge on any atom is -0.329 e. The Kier molecular flexibility index (Phi) is 5.98. The first kappa shape index (κ1) is 18.9. The molecule has 7 heteroatoms. The molecule has 4 atom stereocenters. The third-order valence-electron chi connectivity index (χ3n) is 4.95. The summed E-state index contributed by atoms with van der Waals surface area (Å²) in [4.78, 5) is 40.7. The van der Waals surface area contributed by atoms with Crippen molar-refractivity contribution >= 4 is 17.6 Å². The molecule has 2 aliphatic heterocycles. The number of amides is 2. The Morgan fingerprint density at radius 3 is 2.38 bits per heavy atom. The topological polar surface area (TPSA) is 110 Å². The summed E-state index contributed by atoms with van der Waals surface area (Å²) in [5, 5.41) is 0. The van der Waals surface area contributed by atoms with E-state index in [2.05, 4.69) is 0 Å². The van der Waals surface area contributed by atoms with Crippen molar-refractivity contribution in [1.29, 1.82) is 0 Å². The summed E-state index contributed by atoms with van der Waals surface area (Å²) in [6, 6.07) is -1.96. The van der Waals surface area contributed by atoms with E-state index in [0.29, 0.717) is 31.7 Å². The molecule has 0 aromatic heterocycles. The summed E-state index contributed by atoms with van der Waals surface area (Å²) in [5.41, 5.74) is 11.9. The van der Waals surface area contributed by atoms with E-state index in [0.717, 1.165) is 6.42 Å². The molecule has 7 nitrogen and oxygen atoms in total. The van der Waals surface area contributed by atoms with Gasteiger partial charge in [0.25, 0.3) is 0 Å². The molecular formula is C17H30N4O3. The van der Waals surface area contributed by atoms with Crippen LogP contribution in [0.5, 0.6) is 0 Å². The van der Waals surface area contributed by atoms with Crippen molar-refractivity contribution in [2.45, 2.75) is 70.6 Å². The van der Waals surface area contributed by atoms with Crippen LogP contribution in [-0.2, 0) is 14.4 Å². The first-order valence-electron chi connectivity index (χ1n) is 8.92. The number of Topliss-reactive ketones (excluding diaryl/α,β-unsaturated/α-hetero) is 1.